The van der Waals surface area contributed by atoms with Crippen molar-refractivity contribution in [1.29, 1.82) is 0 Å². The molecule has 542 valence electrons. The highest BCUT2D eigenvalue weighted by Crippen LogP contribution is 2.42. The lowest BCUT2D eigenvalue weighted by Gasteiger charge is -2.36. The molecule has 105 heavy (non-hydrogen) atoms. The second-order valence-electron chi connectivity index (χ2n) is 26.1. The Hall–Kier alpha value is -10.7. The zero-order chi connectivity index (χ0) is 71.7. The molecule has 4 aromatic heterocycles. The van der Waals surface area contributed by atoms with E-state index in [-0.39, 0.29) is 6.61 Å². The van der Waals surface area contributed by atoms with Crippen molar-refractivity contribution in [3.05, 3.63) is 217 Å². The minimum atomic E-state index is -0.890. The molecule has 0 amide bonds. The first-order chi connectivity index (χ1) is 51.6. The summed E-state index contributed by atoms with van der Waals surface area (Å²) in [5.41, 5.74) is 16.2. The van der Waals surface area contributed by atoms with Gasteiger partial charge in [-0.2, -0.15) is 0 Å². The van der Waals surface area contributed by atoms with Crippen LogP contribution in [0.1, 0.15) is 16.7 Å². The highest BCUT2D eigenvalue weighted by molar-refractivity contribution is 5.89. The molecule has 6 heterocycles. The van der Waals surface area contributed by atoms with Gasteiger partial charge >= 0.3 is 0 Å². The summed E-state index contributed by atoms with van der Waals surface area (Å²) in [5.74, 6) is 6.36. The summed E-state index contributed by atoms with van der Waals surface area (Å²) < 4.78 is 52.0. The van der Waals surface area contributed by atoms with E-state index in [0.29, 0.717) is 72.7 Å². The van der Waals surface area contributed by atoms with Gasteiger partial charge in [-0.05, 0) is 176 Å². The number of aromatic amines is 4. The first-order valence-electron chi connectivity index (χ1n) is 35.9. The number of hydrogen-bond acceptors (Lipinski definition) is 18. The lowest BCUT2D eigenvalue weighted by molar-refractivity contribution is -0.0345. The van der Waals surface area contributed by atoms with Crippen LogP contribution in [0, 0.1) is 0 Å². The van der Waals surface area contributed by atoms with E-state index in [9.17, 15) is 0 Å². The molecule has 2 fully saturated rings. The quantitative estimate of drug-likeness (QED) is 0.0201. The van der Waals surface area contributed by atoms with Gasteiger partial charge in [0.2, 0.25) is 0 Å². The second-order valence-corrected chi connectivity index (χ2v) is 26.1. The van der Waals surface area contributed by atoms with Crippen LogP contribution in [0.25, 0.3) is 89.7 Å². The first-order valence-corrected chi connectivity index (χ1v) is 35.9. The average Bonchev–Trinajstić information content (AvgIpc) is 1.68. The highest BCUT2D eigenvalue weighted by atomic mass is 16.6. The number of aliphatic hydroxyl groups excluding tert-OH is 1. The number of rotatable bonds is 31. The predicted octanol–water partition coefficient (Wildman–Crippen LogP) is 12.9. The fourth-order valence-corrected chi connectivity index (χ4v) is 13.3. The topological polar surface area (TPSA) is 231 Å². The Bertz CT molecular complexity index is 4850. The van der Waals surface area contributed by atoms with Gasteiger partial charge in [0.05, 0.1) is 124 Å². The number of methoxy groups -OCH3 is 2. The molecule has 0 aliphatic carbocycles. The van der Waals surface area contributed by atoms with E-state index in [4.69, 9.17) is 67.7 Å². The number of nitrogens with zero attached hydrogens (tertiary/aromatic N) is 8. The lowest BCUT2D eigenvalue weighted by atomic mass is 9.80. The van der Waals surface area contributed by atoms with Crippen LogP contribution in [0.4, 0.5) is 11.4 Å². The van der Waals surface area contributed by atoms with Crippen molar-refractivity contribution in [3.63, 3.8) is 0 Å². The molecule has 0 atom stereocenters. The molecule has 22 heteroatoms. The van der Waals surface area contributed by atoms with Gasteiger partial charge in [0.25, 0.3) is 0 Å². The number of aromatic nitrogens is 8. The van der Waals surface area contributed by atoms with Crippen LogP contribution in [-0.2, 0) is 29.3 Å². The molecule has 0 unspecified atom stereocenters. The molecule has 13 aromatic rings. The van der Waals surface area contributed by atoms with Crippen LogP contribution >= 0.6 is 0 Å². The third kappa shape index (κ3) is 17.4. The maximum absolute atomic E-state index is 8.69. The Morgan fingerprint density at radius 2 is 0.676 bits per heavy atom. The van der Waals surface area contributed by atoms with Crippen molar-refractivity contribution in [2.45, 2.75) is 5.60 Å². The van der Waals surface area contributed by atoms with E-state index in [2.05, 4.69) is 126 Å². The van der Waals surface area contributed by atoms with Crippen LogP contribution in [0.2, 0.25) is 0 Å². The molecule has 2 aliphatic heterocycles. The number of nitrogens with one attached hydrogen (secondary N) is 4. The number of imidazole rings is 4. The van der Waals surface area contributed by atoms with Gasteiger partial charge in [0.1, 0.15) is 65.1 Å². The zero-order valence-electron chi connectivity index (χ0n) is 59.9. The van der Waals surface area contributed by atoms with E-state index in [0.717, 1.165) is 182 Å². The number of H-pyrrole nitrogens is 4. The molecule has 0 saturated carbocycles. The highest BCUT2D eigenvalue weighted by Gasteiger charge is 2.38. The number of aliphatic hydroxyl groups is 1. The van der Waals surface area contributed by atoms with Gasteiger partial charge in [-0.25, -0.2) is 19.9 Å². The number of benzene rings is 9. The van der Waals surface area contributed by atoms with E-state index in [1.165, 1.54) is 11.4 Å². The minimum absolute atomic E-state index is 0.0229. The minimum Gasteiger partial charge on any atom is -0.497 e. The van der Waals surface area contributed by atoms with Crippen molar-refractivity contribution in [2.75, 3.05) is 170 Å². The molecule has 0 bridgehead atoms. The molecule has 5 N–H and O–H groups in total. The lowest BCUT2D eigenvalue weighted by Crippen LogP contribution is -2.44. The number of anilines is 2. The predicted molar refractivity (Wildman–Crippen MR) is 412 cm³/mol. The Morgan fingerprint density at radius 3 is 1.08 bits per heavy atom. The number of likely N-dealkylation sites (N-methyl/N-ethyl adjacent to an activating group) is 2. The molecular weight excluding hydrogens is 1320 g/mol. The van der Waals surface area contributed by atoms with Crippen molar-refractivity contribution >= 4 is 55.5 Å². The molecular formula is C83H90N12O10. The van der Waals surface area contributed by atoms with E-state index < -0.39 is 5.60 Å². The standard InChI is InChI=1S/C52H54N6O6.C31H36N6O4/c1-57-25-27-58(28-26-57)42-16-24-47-49(36-42)56-51(54-47)38-11-23-46-48(35-38)55-50(53-46)37-9-17-45(18-10-37)63-33-31-61-29-30-62-32-34-64-52(39-7-5-4-6-8-39,40-12-19-43(59-2)20-13-40)41-14-21-44(60-3)22-15-41;1-36-10-12-37(13-11-36)24-5-9-27-29(21-24)35-31(33-27)23-4-8-26-28(20-23)34-30(32-26)22-2-6-25(7-3-22)41-19-18-40-17-16-39-15-14-38/h4-24,35-36H,25-34H2,1-3H3,(H,53,55)(H,54,56);2-9,20-21,38H,10-19H2,1H3,(H,32,34)(H,33,35). The van der Waals surface area contributed by atoms with Crippen LogP contribution < -0.4 is 28.7 Å². The fraction of sp³-hybridized carbons (Fsp3) is 0.301. The summed E-state index contributed by atoms with van der Waals surface area (Å²) in [5, 5.41) is 8.69. The summed E-state index contributed by atoms with van der Waals surface area (Å²) in [4.78, 5) is 43.1. The van der Waals surface area contributed by atoms with Gasteiger partial charge in [-0.1, -0.05) is 54.6 Å². The maximum Gasteiger partial charge on any atom is 0.143 e. The SMILES string of the molecule is CN1CCN(c2ccc3nc(-c4ccc5nc(-c6ccc(OCCOCCOCCO)cc6)[nH]c5c4)[nH]c3c2)CC1.COc1ccc(C(OCCOCCOCCOc2ccc(-c3nc4ccc(-c5nc6ccc(N7CCN(C)CC7)cc6[nH]5)cc4[nH]3)cc2)(c2ccccc2)c2ccc(OC)cc2)cc1. The zero-order valence-corrected chi connectivity index (χ0v) is 59.9. The molecule has 0 radical (unpaired) electrons. The number of piperazine rings is 2. The summed E-state index contributed by atoms with van der Waals surface area (Å²) in [7, 11) is 7.68. The van der Waals surface area contributed by atoms with Crippen molar-refractivity contribution in [3.8, 4) is 68.5 Å². The van der Waals surface area contributed by atoms with Gasteiger partial charge in [-0.3, -0.25) is 0 Å². The molecule has 2 aliphatic rings. The van der Waals surface area contributed by atoms with Crippen LogP contribution in [0.15, 0.2) is 200 Å². The Balaban J connectivity index is 0.000000195. The van der Waals surface area contributed by atoms with Crippen molar-refractivity contribution in [2.24, 2.45) is 0 Å². The average molecular weight is 1420 g/mol. The van der Waals surface area contributed by atoms with Crippen molar-refractivity contribution in [1.82, 2.24) is 49.7 Å². The fourth-order valence-electron chi connectivity index (χ4n) is 13.3. The second kappa shape index (κ2) is 34.3. The smallest absolute Gasteiger partial charge is 0.143 e. The molecule has 0 spiro atoms. The van der Waals surface area contributed by atoms with Crippen LogP contribution in [0.3, 0.4) is 0 Å². The summed E-state index contributed by atoms with van der Waals surface area (Å²) in [6.45, 7) is 13.1. The third-order valence-corrected chi connectivity index (χ3v) is 19.1. The first kappa shape index (κ1) is 71.3. The van der Waals surface area contributed by atoms with Crippen LogP contribution in [0.5, 0.6) is 23.0 Å². The molecule has 15 rings (SSSR count). The maximum atomic E-state index is 8.69. The summed E-state index contributed by atoms with van der Waals surface area (Å²) in [6.07, 6.45) is 0. The number of hydrogen-bond donors (Lipinski definition) is 5. The van der Waals surface area contributed by atoms with Gasteiger partial charge in [-0.15, -0.1) is 0 Å². The number of fused-ring (bicyclic) bond motifs is 4. The van der Waals surface area contributed by atoms with Crippen LogP contribution in [-0.4, -0.2) is 215 Å². The summed E-state index contributed by atoms with van der Waals surface area (Å²) in [6, 6.07) is 67.4. The molecule has 2 saturated heterocycles. The number of ether oxygens (including phenoxy) is 9. The van der Waals surface area contributed by atoms with E-state index >= 15 is 0 Å². The van der Waals surface area contributed by atoms with Gasteiger partial charge in [0, 0.05) is 86.0 Å². The molecule has 9 aromatic carbocycles. The Labute approximate surface area is 610 Å². The monoisotopic (exact) mass is 1410 g/mol. The third-order valence-electron chi connectivity index (χ3n) is 19.1. The summed E-state index contributed by atoms with van der Waals surface area (Å²) >= 11 is 0. The Kier molecular flexibility index (Phi) is 23.3. The van der Waals surface area contributed by atoms with Gasteiger partial charge < -0.3 is 87.3 Å². The van der Waals surface area contributed by atoms with E-state index in [1.807, 2.05) is 127 Å². The van der Waals surface area contributed by atoms with Gasteiger partial charge in [0.15, 0.2) is 0 Å². The van der Waals surface area contributed by atoms with E-state index in [1.54, 1.807) is 14.2 Å². The van der Waals surface area contributed by atoms with Crippen molar-refractivity contribution < 1.29 is 47.7 Å². The largest absolute Gasteiger partial charge is 0.497 e. The molecule has 22 nitrogen and oxygen atoms in total. The normalized spacial score (nSPS) is 13.8. The Morgan fingerprint density at radius 1 is 0.343 bits per heavy atom.